The van der Waals surface area contributed by atoms with E-state index in [9.17, 15) is 22.0 Å². The fourth-order valence-corrected chi connectivity index (χ4v) is 4.16. The number of carbonyl (C=O) groups is 1. The fraction of sp³-hybridized carbons (Fsp3) is 0.136. The Labute approximate surface area is 174 Å². The molecule has 0 bridgehead atoms. The number of hydrogen-bond donors (Lipinski definition) is 1. The number of aryl methyl sites for hydroxylation is 1. The van der Waals surface area contributed by atoms with Crippen LogP contribution < -0.4 is 5.32 Å². The van der Waals surface area contributed by atoms with Crippen LogP contribution in [0.2, 0.25) is 0 Å². The van der Waals surface area contributed by atoms with Crippen molar-refractivity contribution in [3.05, 3.63) is 95.6 Å². The maximum absolute atomic E-state index is 13.2. The van der Waals surface area contributed by atoms with Gasteiger partial charge in [-0.15, -0.1) is 0 Å². The van der Waals surface area contributed by atoms with Crippen molar-refractivity contribution in [1.29, 1.82) is 0 Å². The van der Waals surface area contributed by atoms with Crippen molar-refractivity contribution < 1.29 is 22.0 Å². The first kappa shape index (κ1) is 21.6. The van der Waals surface area contributed by atoms with Crippen molar-refractivity contribution in [2.75, 3.05) is 11.9 Å². The number of benzene rings is 3. The van der Waals surface area contributed by atoms with E-state index in [-0.39, 0.29) is 11.4 Å². The highest BCUT2D eigenvalue weighted by molar-refractivity contribution is 7.89. The predicted molar refractivity (Wildman–Crippen MR) is 110 cm³/mol. The van der Waals surface area contributed by atoms with E-state index >= 15 is 0 Å². The molecule has 0 aromatic heterocycles. The van der Waals surface area contributed by atoms with Gasteiger partial charge in [-0.25, -0.2) is 17.2 Å². The van der Waals surface area contributed by atoms with Crippen LogP contribution in [0.3, 0.4) is 0 Å². The van der Waals surface area contributed by atoms with E-state index in [1.54, 1.807) is 12.1 Å². The average molecular weight is 430 g/mol. The maximum atomic E-state index is 13.2. The Balaban J connectivity index is 1.86. The van der Waals surface area contributed by atoms with Gasteiger partial charge in [0.15, 0.2) is 0 Å². The summed E-state index contributed by atoms with van der Waals surface area (Å²) in [5.41, 5.74) is 1.77. The summed E-state index contributed by atoms with van der Waals surface area (Å²) in [6, 6.07) is 16.8. The smallest absolute Gasteiger partial charge is 0.243 e. The Morgan fingerprint density at radius 1 is 0.867 bits per heavy atom. The second kappa shape index (κ2) is 9.15. The molecule has 3 aromatic carbocycles. The Bertz CT molecular complexity index is 1110. The second-order valence-corrected chi connectivity index (χ2v) is 8.71. The summed E-state index contributed by atoms with van der Waals surface area (Å²) in [6.07, 6.45) is 0. The molecular weight excluding hydrogens is 410 g/mol. The summed E-state index contributed by atoms with van der Waals surface area (Å²) in [7, 11) is -4.00. The van der Waals surface area contributed by atoms with E-state index in [0.717, 1.165) is 9.87 Å². The first-order chi connectivity index (χ1) is 14.2. The second-order valence-electron chi connectivity index (χ2n) is 6.77. The average Bonchev–Trinajstić information content (AvgIpc) is 2.71. The molecule has 0 heterocycles. The first-order valence-corrected chi connectivity index (χ1v) is 10.5. The van der Waals surface area contributed by atoms with Crippen LogP contribution in [-0.2, 0) is 21.4 Å². The van der Waals surface area contributed by atoms with E-state index in [1.807, 2.05) is 6.92 Å². The summed E-state index contributed by atoms with van der Waals surface area (Å²) < 4.78 is 53.6. The molecule has 3 aromatic rings. The zero-order valence-corrected chi connectivity index (χ0v) is 17.0. The van der Waals surface area contributed by atoms with Gasteiger partial charge in [0, 0.05) is 12.2 Å². The summed E-state index contributed by atoms with van der Waals surface area (Å²) in [4.78, 5) is 12.6. The lowest BCUT2D eigenvalue weighted by atomic mass is 10.2. The minimum absolute atomic E-state index is 0.0461. The highest BCUT2D eigenvalue weighted by Gasteiger charge is 2.27. The number of rotatable bonds is 7. The van der Waals surface area contributed by atoms with E-state index in [2.05, 4.69) is 5.32 Å². The molecule has 0 aliphatic carbocycles. The number of sulfonamides is 1. The Hall–Kier alpha value is -3.10. The molecular formula is C22H20F2N2O3S. The predicted octanol–water partition coefficient (Wildman–Crippen LogP) is 4.10. The molecule has 0 aliphatic heterocycles. The van der Waals surface area contributed by atoms with Crippen molar-refractivity contribution >= 4 is 21.6 Å². The number of halogens is 2. The molecule has 0 radical (unpaired) electrons. The molecule has 1 N–H and O–H groups in total. The topological polar surface area (TPSA) is 66.5 Å². The van der Waals surface area contributed by atoms with Gasteiger partial charge in [0.2, 0.25) is 15.9 Å². The van der Waals surface area contributed by atoms with Crippen LogP contribution in [0.5, 0.6) is 0 Å². The molecule has 1 amide bonds. The number of amides is 1. The molecule has 30 heavy (non-hydrogen) atoms. The van der Waals surface area contributed by atoms with Crippen LogP contribution in [-0.4, -0.2) is 25.2 Å². The lowest BCUT2D eigenvalue weighted by Gasteiger charge is -2.22. The van der Waals surface area contributed by atoms with Gasteiger partial charge in [0.05, 0.1) is 11.4 Å². The molecule has 0 atom stereocenters. The molecule has 0 fully saturated rings. The quantitative estimate of drug-likeness (QED) is 0.614. The Kier molecular flexibility index (Phi) is 6.59. The third-order valence-corrected chi connectivity index (χ3v) is 6.18. The van der Waals surface area contributed by atoms with Gasteiger partial charge in [-0.1, -0.05) is 29.8 Å². The lowest BCUT2D eigenvalue weighted by Crippen LogP contribution is -2.37. The van der Waals surface area contributed by atoms with E-state index < -0.39 is 34.1 Å². The highest BCUT2D eigenvalue weighted by Crippen LogP contribution is 2.20. The number of carbonyl (C=O) groups excluding carboxylic acids is 1. The van der Waals surface area contributed by atoms with Gasteiger partial charge < -0.3 is 5.32 Å². The highest BCUT2D eigenvalue weighted by atomic mass is 32.2. The third-order valence-electron chi connectivity index (χ3n) is 4.38. The zero-order chi connectivity index (χ0) is 21.7. The lowest BCUT2D eigenvalue weighted by molar-refractivity contribution is -0.116. The molecule has 0 aliphatic rings. The van der Waals surface area contributed by atoms with Gasteiger partial charge in [-0.05, 0) is 61.0 Å². The molecule has 8 heteroatoms. The first-order valence-electron chi connectivity index (χ1n) is 9.11. The van der Waals surface area contributed by atoms with Crippen molar-refractivity contribution in [1.82, 2.24) is 4.31 Å². The molecule has 0 saturated heterocycles. The van der Waals surface area contributed by atoms with Crippen molar-refractivity contribution in [3.8, 4) is 0 Å². The summed E-state index contributed by atoms with van der Waals surface area (Å²) in [5, 5.41) is 2.56. The number of nitrogens with one attached hydrogen (secondary N) is 1. The van der Waals surface area contributed by atoms with Crippen molar-refractivity contribution in [2.24, 2.45) is 0 Å². The van der Waals surface area contributed by atoms with Gasteiger partial charge in [-0.2, -0.15) is 4.31 Å². The van der Waals surface area contributed by atoms with Gasteiger partial charge >= 0.3 is 0 Å². The Morgan fingerprint density at radius 3 is 1.97 bits per heavy atom. The SMILES string of the molecule is Cc1ccc(S(=O)(=O)N(CC(=O)Nc2ccc(F)cc2)Cc2ccc(F)cc2)cc1. The summed E-state index contributed by atoms with van der Waals surface area (Å²) in [5.74, 6) is -1.48. The normalized spacial score (nSPS) is 11.5. The van der Waals surface area contributed by atoms with E-state index in [1.165, 1.54) is 60.7 Å². The summed E-state index contributed by atoms with van der Waals surface area (Å²) in [6.45, 7) is 1.25. The van der Waals surface area contributed by atoms with Crippen molar-refractivity contribution in [2.45, 2.75) is 18.4 Å². The van der Waals surface area contributed by atoms with Gasteiger partial charge in [0.25, 0.3) is 0 Å². The molecule has 0 saturated carbocycles. The zero-order valence-electron chi connectivity index (χ0n) is 16.2. The van der Waals surface area contributed by atoms with Crippen LogP contribution in [0.1, 0.15) is 11.1 Å². The molecule has 0 spiro atoms. The van der Waals surface area contributed by atoms with E-state index in [0.29, 0.717) is 11.3 Å². The number of anilines is 1. The fourth-order valence-electron chi connectivity index (χ4n) is 2.77. The minimum Gasteiger partial charge on any atom is -0.325 e. The molecule has 156 valence electrons. The molecule has 5 nitrogen and oxygen atoms in total. The van der Waals surface area contributed by atoms with E-state index in [4.69, 9.17) is 0 Å². The van der Waals surface area contributed by atoms with Gasteiger partial charge in [0.1, 0.15) is 11.6 Å². The van der Waals surface area contributed by atoms with Crippen LogP contribution in [0.15, 0.2) is 77.7 Å². The monoisotopic (exact) mass is 430 g/mol. The molecule has 0 unspecified atom stereocenters. The van der Waals surface area contributed by atoms with Crippen LogP contribution in [0, 0.1) is 18.6 Å². The number of hydrogen-bond acceptors (Lipinski definition) is 3. The Morgan fingerprint density at radius 2 is 1.40 bits per heavy atom. The van der Waals surface area contributed by atoms with Crippen LogP contribution in [0.25, 0.3) is 0 Å². The van der Waals surface area contributed by atoms with Crippen LogP contribution in [0.4, 0.5) is 14.5 Å². The van der Waals surface area contributed by atoms with Gasteiger partial charge in [-0.3, -0.25) is 4.79 Å². The largest absolute Gasteiger partial charge is 0.325 e. The third kappa shape index (κ3) is 5.49. The minimum atomic E-state index is -4.00. The van der Waals surface area contributed by atoms with Crippen LogP contribution >= 0.6 is 0 Å². The summed E-state index contributed by atoms with van der Waals surface area (Å²) >= 11 is 0. The van der Waals surface area contributed by atoms with Crippen molar-refractivity contribution in [3.63, 3.8) is 0 Å². The standard InChI is InChI=1S/C22H20F2N2O3S/c1-16-2-12-21(13-3-16)30(28,29)26(14-17-4-6-18(23)7-5-17)15-22(27)25-20-10-8-19(24)9-11-20/h2-13H,14-15H2,1H3,(H,25,27). The maximum Gasteiger partial charge on any atom is 0.243 e. The number of nitrogens with zero attached hydrogens (tertiary/aromatic N) is 1. The molecule has 3 rings (SSSR count).